The molecule has 0 saturated heterocycles. The number of nitriles is 1. The van der Waals surface area contributed by atoms with Crippen molar-refractivity contribution in [1.29, 1.82) is 5.26 Å². The van der Waals surface area contributed by atoms with Gasteiger partial charge in [-0.2, -0.15) is 0 Å². The maximum absolute atomic E-state index is 12.5. The topological polar surface area (TPSA) is 83.9 Å². The Labute approximate surface area is 101 Å². The third-order valence-electron chi connectivity index (χ3n) is 1.73. The van der Waals surface area contributed by atoms with Gasteiger partial charge < -0.3 is 0 Å². The van der Waals surface area contributed by atoms with E-state index in [9.17, 15) is 21.6 Å². The summed E-state index contributed by atoms with van der Waals surface area (Å²) in [6.07, 6.45) is -4.69. The molecule has 0 amide bonds. The van der Waals surface area contributed by atoms with Gasteiger partial charge in [-0.3, -0.25) is 0 Å². The standard InChI is InChI=1S/C8H6AsF3N2O2S/c10-8(11,12)6-2-1-3-7(5(6)4-13)9-17(14,15)16/h1-3,9H,(H2,14,15,16). The van der Waals surface area contributed by atoms with Crippen molar-refractivity contribution < 1.29 is 21.6 Å². The zero-order chi connectivity index (χ0) is 13.3. The Morgan fingerprint density at radius 1 is 1.35 bits per heavy atom. The van der Waals surface area contributed by atoms with E-state index in [4.69, 9.17) is 10.4 Å². The van der Waals surface area contributed by atoms with Crippen LogP contribution in [0.15, 0.2) is 18.2 Å². The first-order valence-electron chi connectivity index (χ1n) is 4.06. The van der Waals surface area contributed by atoms with Crippen LogP contribution in [-0.2, 0) is 14.5 Å². The first-order valence-corrected chi connectivity index (χ1v) is 9.22. The Bertz CT molecular complexity index is 577. The van der Waals surface area contributed by atoms with E-state index in [1.54, 1.807) is 0 Å². The van der Waals surface area contributed by atoms with Crippen molar-refractivity contribution in [1.82, 2.24) is 0 Å². The molecule has 1 atom stereocenters. The molecule has 4 nitrogen and oxygen atoms in total. The van der Waals surface area contributed by atoms with Gasteiger partial charge in [-0.15, -0.1) is 0 Å². The molecule has 0 aliphatic carbocycles. The molecule has 1 rings (SSSR count). The predicted octanol–water partition coefficient (Wildman–Crippen LogP) is -0.158. The SMILES string of the molecule is N#Cc1c([AsH]S(N)(=O)=O)cccc1C(F)(F)F. The molecule has 0 aromatic heterocycles. The molecule has 0 bridgehead atoms. The molecule has 92 valence electrons. The number of halogens is 3. The second kappa shape index (κ2) is 4.68. The number of alkyl halides is 3. The van der Waals surface area contributed by atoms with Crippen molar-refractivity contribution in [2.75, 3.05) is 0 Å². The van der Waals surface area contributed by atoms with Gasteiger partial charge in [0.1, 0.15) is 0 Å². The first-order chi connectivity index (χ1) is 7.65. The van der Waals surface area contributed by atoms with E-state index in [-0.39, 0.29) is 4.35 Å². The van der Waals surface area contributed by atoms with Gasteiger partial charge in [-0.25, -0.2) is 0 Å². The molecule has 1 aromatic carbocycles. The van der Waals surface area contributed by atoms with Crippen LogP contribution in [-0.4, -0.2) is 23.0 Å². The van der Waals surface area contributed by atoms with Crippen molar-refractivity contribution in [2.45, 2.75) is 6.18 Å². The number of nitrogens with two attached hydrogens (primary N) is 1. The molecule has 0 spiro atoms. The Balaban J connectivity index is 3.41. The Kier molecular flexibility index (Phi) is 3.87. The van der Waals surface area contributed by atoms with Crippen LogP contribution in [0, 0.1) is 11.3 Å². The number of benzene rings is 1. The molecule has 1 aromatic rings. The van der Waals surface area contributed by atoms with Crippen LogP contribution in [0.5, 0.6) is 0 Å². The van der Waals surface area contributed by atoms with Gasteiger partial charge in [0.25, 0.3) is 0 Å². The van der Waals surface area contributed by atoms with Crippen LogP contribution in [0.2, 0.25) is 0 Å². The third-order valence-corrected chi connectivity index (χ3v) is 6.29. The molecule has 0 aliphatic heterocycles. The monoisotopic (exact) mass is 326 g/mol. The van der Waals surface area contributed by atoms with Gasteiger partial charge in [0, 0.05) is 0 Å². The van der Waals surface area contributed by atoms with Crippen molar-refractivity contribution >= 4 is 27.2 Å². The number of hydrogen-bond acceptors (Lipinski definition) is 3. The minimum atomic E-state index is -4.69. The molecule has 2 N–H and O–H groups in total. The van der Waals surface area contributed by atoms with Crippen LogP contribution in [0.3, 0.4) is 0 Å². The van der Waals surface area contributed by atoms with E-state index in [0.29, 0.717) is 0 Å². The van der Waals surface area contributed by atoms with Crippen LogP contribution >= 0.6 is 0 Å². The Morgan fingerprint density at radius 2 is 1.94 bits per heavy atom. The normalized spacial score (nSPS) is 12.9. The fraction of sp³-hybridized carbons (Fsp3) is 0.125. The van der Waals surface area contributed by atoms with E-state index in [1.165, 1.54) is 12.1 Å². The summed E-state index contributed by atoms with van der Waals surface area (Å²) in [4.78, 5) is 0. The molecule has 0 fully saturated rings. The van der Waals surface area contributed by atoms with Crippen LogP contribution in [0.4, 0.5) is 13.2 Å². The van der Waals surface area contributed by atoms with Gasteiger partial charge in [0.15, 0.2) is 0 Å². The summed E-state index contributed by atoms with van der Waals surface area (Å²) in [5, 5.41) is 13.5. The molecule has 0 aliphatic rings. The molecule has 0 radical (unpaired) electrons. The van der Waals surface area contributed by atoms with Crippen LogP contribution < -0.4 is 9.49 Å². The molecule has 1 unspecified atom stereocenters. The summed E-state index contributed by atoms with van der Waals surface area (Å²) in [5.74, 6) is 0. The van der Waals surface area contributed by atoms with Gasteiger partial charge in [-0.05, 0) is 0 Å². The molecular weight excluding hydrogens is 320 g/mol. The van der Waals surface area contributed by atoms with E-state index in [0.717, 1.165) is 12.1 Å². The second-order valence-electron chi connectivity index (χ2n) is 2.98. The average Bonchev–Trinajstić information content (AvgIpc) is 2.13. The summed E-state index contributed by atoms with van der Waals surface area (Å²) in [6, 6.07) is 4.36. The molecule has 17 heavy (non-hydrogen) atoms. The molecule has 0 saturated carbocycles. The summed E-state index contributed by atoms with van der Waals surface area (Å²) in [5.41, 5.74) is -1.79. The van der Waals surface area contributed by atoms with Crippen molar-refractivity contribution in [3.05, 3.63) is 29.3 Å². The van der Waals surface area contributed by atoms with Gasteiger partial charge in [0.2, 0.25) is 0 Å². The van der Waals surface area contributed by atoms with Crippen molar-refractivity contribution in [2.24, 2.45) is 5.14 Å². The van der Waals surface area contributed by atoms with Crippen LogP contribution in [0.25, 0.3) is 0 Å². The fourth-order valence-corrected chi connectivity index (χ4v) is 5.23. The Morgan fingerprint density at radius 3 is 2.35 bits per heavy atom. The maximum atomic E-state index is 12.5. The zero-order valence-electron chi connectivity index (χ0n) is 8.12. The minimum absolute atomic E-state index is 0.134. The predicted molar refractivity (Wildman–Crippen MR) is 56.0 cm³/mol. The summed E-state index contributed by atoms with van der Waals surface area (Å²) < 4.78 is 59.2. The van der Waals surface area contributed by atoms with E-state index >= 15 is 0 Å². The van der Waals surface area contributed by atoms with Crippen molar-refractivity contribution in [3.8, 4) is 6.07 Å². The number of rotatable bonds is 2. The third kappa shape index (κ3) is 3.73. The number of nitrogens with zero attached hydrogens (tertiary/aromatic N) is 1. The number of hydrogen-bond donors (Lipinski definition) is 1. The average molecular weight is 326 g/mol. The van der Waals surface area contributed by atoms with Gasteiger partial charge in [0.05, 0.1) is 0 Å². The summed E-state index contributed by atoms with van der Waals surface area (Å²) in [7, 11) is -3.87. The fourth-order valence-electron chi connectivity index (χ4n) is 1.15. The van der Waals surface area contributed by atoms with E-state index in [1.807, 2.05) is 0 Å². The van der Waals surface area contributed by atoms with Crippen LogP contribution in [0.1, 0.15) is 11.1 Å². The van der Waals surface area contributed by atoms with E-state index in [2.05, 4.69) is 0 Å². The van der Waals surface area contributed by atoms with E-state index < -0.39 is 40.2 Å². The van der Waals surface area contributed by atoms with Gasteiger partial charge in [-0.1, -0.05) is 0 Å². The van der Waals surface area contributed by atoms with Gasteiger partial charge >= 0.3 is 101 Å². The quantitative estimate of drug-likeness (QED) is 0.767. The zero-order valence-corrected chi connectivity index (χ0v) is 11.0. The molecule has 9 heteroatoms. The first kappa shape index (κ1) is 14.0. The molecule has 0 heterocycles. The Hall–Kier alpha value is -1.03. The molecular formula is C8H6AsF3N2O2S. The summed E-state index contributed by atoms with van der Waals surface area (Å²) >= 11 is -2.03. The second-order valence-corrected chi connectivity index (χ2v) is 10.3. The van der Waals surface area contributed by atoms with Crippen molar-refractivity contribution in [3.63, 3.8) is 0 Å². The summed E-state index contributed by atoms with van der Waals surface area (Å²) in [6.45, 7) is 0.